The lowest BCUT2D eigenvalue weighted by Gasteiger charge is -2.20. The van der Waals surface area contributed by atoms with Crippen LogP contribution in [0.15, 0.2) is 0 Å². The summed E-state index contributed by atoms with van der Waals surface area (Å²) < 4.78 is 0. The van der Waals surface area contributed by atoms with Gasteiger partial charge in [0, 0.05) is 11.8 Å². The van der Waals surface area contributed by atoms with Gasteiger partial charge in [0.15, 0.2) is 0 Å². The van der Waals surface area contributed by atoms with Crippen molar-refractivity contribution in [3.8, 4) is 12.1 Å². The lowest BCUT2D eigenvalue weighted by molar-refractivity contribution is 0.336. The van der Waals surface area contributed by atoms with Gasteiger partial charge in [0.2, 0.25) is 0 Å². The standard InChI is InChI=1S/C8H13N.C7H11N/c1-7-2-4-8(6-9)5-3-7;8-6-7-4-2-1-3-5-7/h7-8H,2-5H2,1H3;7H,1-5H2. The molecule has 0 heterocycles. The smallest absolute Gasteiger partial charge is 0.0655 e. The zero-order chi connectivity index (χ0) is 12.5. The van der Waals surface area contributed by atoms with Crippen LogP contribution >= 0.6 is 0 Å². The van der Waals surface area contributed by atoms with E-state index in [2.05, 4.69) is 19.1 Å². The van der Waals surface area contributed by atoms with Crippen LogP contribution in [-0.4, -0.2) is 0 Å². The van der Waals surface area contributed by atoms with Gasteiger partial charge in [0.1, 0.15) is 0 Å². The van der Waals surface area contributed by atoms with Gasteiger partial charge >= 0.3 is 0 Å². The van der Waals surface area contributed by atoms with E-state index in [1.807, 2.05) is 0 Å². The van der Waals surface area contributed by atoms with Crippen LogP contribution in [0.5, 0.6) is 0 Å². The summed E-state index contributed by atoms with van der Waals surface area (Å²) in [7, 11) is 0. The number of nitrogens with zero attached hydrogens (tertiary/aromatic N) is 2. The van der Waals surface area contributed by atoms with Crippen molar-refractivity contribution in [3.05, 3.63) is 0 Å². The molecular formula is C15H24N2. The minimum atomic E-state index is 0.376. The summed E-state index contributed by atoms with van der Waals surface area (Å²) in [6.45, 7) is 2.27. The molecule has 0 aliphatic heterocycles. The molecule has 17 heavy (non-hydrogen) atoms. The van der Waals surface area contributed by atoms with Gasteiger partial charge in [-0.25, -0.2) is 0 Å². The first-order valence-electron chi connectivity index (χ1n) is 7.05. The van der Waals surface area contributed by atoms with Crippen molar-refractivity contribution < 1.29 is 0 Å². The molecule has 2 aliphatic rings. The van der Waals surface area contributed by atoms with E-state index in [9.17, 15) is 0 Å². The van der Waals surface area contributed by atoms with Crippen molar-refractivity contribution in [2.45, 2.75) is 64.7 Å². The molecule has 0 bridgehead atoms. The molecule has 2 saturated carbocycles. The molecule has 0 amide bonds. The van der Waals surface area contributed by atoms with E-state index in [4.69, 9.17) is 10.5 Å². The molecule has 2 heteroatoms. The molecule has 0 atom stereocenters. The topological polar surface area (TPSA) is 47.6 Å². The first-order valence-corrected chi connectivity index (χ1v) is 7.05. The second-order valence-electron chi connectivity index (χ2n) is 5.55. The van der Waals surface area contributed by atoms with E-state index < -0.39 is 0 Å². The van der Waals surface area contributed by atoms with E-state index in [-0.39, 0.29) is 0 Å². The molecule has 2 fully saturated rings. The molecular weight excluding hydrogens is 208 g/mol. The van der Waals surface area contributed by atoms with Crippen molar-refractivity contribution >= 4 is 0 Å². The molecule has 2 aliphatic carbocycles. The zero-order valence-corrected chi connectivity index (χ0v) is 11.0. The third-order valence-electron chi connectivity index (χ3n) is 3.99. The summed E-state index contributed by atoms with van der Waals surface area (Å²) >= 11 is 0. The summed E-state index contributed by atoms with van der Waals surface area (Å²) in [5.41, 5.74) is 0. The Labute approximate surface area is 106 Å². The highest BCUT2D eigenvalue weighted by molar-refractivity contribution is 4.86. The highest BCUT2D eigenvalue weighted by Gasteiger charge is 2.16. The number of hydrogen-bond donors (Lipinski definition) is 0. The average Bonchev–Trinajstić information content (AvgIpc) is 2.41. The number of rotatable bonds is 0. The maximum Gasteiger partial charge on any atom is 0.0655 e. The maximum atomic E-state index is 8.53. The monoisotopic (exact) mass is 232 g/mol. The Morgan fingerprint density at radius 2 is 1.18 bits per heavy atom. The molecule has 2 rings (SSSR count). The van der Waals surface area contributed by atoms with Crippen LogP contribution in [-0.2, 0) is 0 Å². The van der Waals surface area contributed by atoms with Crippen molar-refractivity contribution in [3.63, 3.8) is 0 Å². The Hall–Kier alpha value is -1.02. The molecule has 2 nitrogen and oxygen atoms in total. The van der Waals surface area contributed by atoms with Crippen LogP contribution in [0.4, 0.5) is 0 Å². The van der Waals surface area contributed by atoms with E-state index in [1.165, 1.54) is 32.1 Å². The van der Waals surface area contributed by atoms with E-state index in [0.29, 0.717) is 11.8 Å². The summed E-state index contributed by atoms with van der Waals surface area (Å²) in [4.78, 5) is 0. The lowest BCUT2D eigenvalue weighted by atomic mass is 9.84. The minimum absolute atomic E-state index is 0.376. The fraction of sp³-hybridized carbons (Fsp3) is 0.867. The quantitative estimate of drug-likeness (QED) is 0.620. The molecule has 0 spiro atoms. The van der Waals surface area contributed by atoms with E-state index in [0.717, 1.165) is 31.6 Å². The maximum absolute atomic E-state index is 8.53. The second kappa shape index (κ2) is 8.13. The Kier molecular flexibility index (Phi) is 6.71. The molecule has 0 unspecified atom stereocenters. The highest BCUT2D eigenvalue weighted by Crippen LogP contribution is 2.27. The van der Waals surface area contributed by atoms with Crippen molar-refractivity contribution in [1.82, 2.24) is 0 Å². The van der Waals surface area contributed by atoms with Gasteiger partial charge < -0.3 is 0 Å². The molecule has 0 aromatic heterocycles. The zero-order valence-electron chi connectivity index (χ0n) is 11.0. The van der Waals surface area contributed by atoms with Crippen LogP contribution < -0.4 is 0 Å². The van der Waals surface area contributed by atoms with Gasteiger partial charge in [-0.2, -0.15) is 10.5 Å². The van der Waals surface area contributed by atoms with Gasteiger partial charge in [-0.1, -0.05) is 26.2 Å². The van der Waals surface area contributed by atoms with Crippen LogP contribution in [0.3, 0.4) is 0 Å². The van der Waals surface area contributed by atoms with E-state index >= 15 is 0 Å². The normalized spacial score (nSPS) is 29.4. The Balaban J connectivity index is 0.000000171. The fourth-order valence-electron chi connectivity index (χ4n) is 2.62. The molecule has 0 saturated heterocycles. The van der Waals surface area contributed by atoms with Crippen LogP contribution in [0.1, 0.15) is 64.7 Å². The number of hydrogen-bond acceptors (Lipinski definition) is 2. The fourth-order valence-corrected chi connectivity index (χ4v) is 2.62. The molecule has 0 N–H and O–H groups in total. The van der Waals surface area contributed by atoms with Crippen LogP contribution in [0.2, 0.25) is 0 Å². The third-order valence-corrected chi connectivity index (χ3v) is 3.99. The van der Waals surface area contributed by atoms with Gasteiger partial charge in [0.05, 0.1) is 12.1 Å². The Bertz CT molecular complexity index is 270. The summed E-state index contributed by atoms with van der Waals surface area (Å²) in [6.07, 6.45) is 11.0. The second-order valence-corrected chi connectivity index (χ2v) is 5.55. The molecule has 0 aromatic rings. The van der Waals surface area contributed by atoms with Crippen molar-refractivity contribution in [1.29, 1.82) is 10.5 Å². The number of nitriles is 2. The predicted octanol–water partition coefficient (Wildman–Crippen LogP) is 4.43. The van der Waals surface area contributed by atoms with E-state index in [1.54, 1.807) is 0 Å². The highest BCUT2D eigenvalue weighted by atomic mass is 14.3. The minimum Gasteiger partial charge on any atom is -0.198 e. The van der Waals surface area contributed by atoms with Gasteiger partial charge in [-0.05, 0) is 44.4 Å². The Morgan fingerprint density at radius 3 is 1.59 bits per heavy atom. The average molecular weight is 232 g/mol. The van der Waals surface area contributed by atoms with Crippen LogP contribution in [0, 0.1) is 40.4 Å². The molecule has 0 aromatic carbocycles. The third kappa shape index (κ3) is 5.73. The summed E-state index contributed by atoms with van der Waals surface area (Å²) in [5, 5.41) is 17.0. The Morgan fingerprint density at radius 1 is 0.706 bits per heavy atom. The summed E-state index contributed by atoms with van der Waals surface area (Å²) in [6, 6.07) is 4.63. The first-order chi connectivity index (χ1) is 8.26. The van der Waals surface area contributed by atoms with Gasteiger partial charge in [-0.3, -0.25) is 0 Å². The van der Waals surface area contributed by atoms with Crippen molar-refractivity contribution in [2.75, 3.05) is 0 Å². The van der Waals surface area contributed by atoms with Gasteiger partial charge in [0.25, 0.3) is 0 Å². The SMILES string of the molecule is CC1CCC(C#N)CC1.N#CC1CCCCC1. The molecule has 94 valence electrons. The first kappa shape index (κ1) is 14.0. The van der Waals surface area contributed by atoms with Gasteiger partial charge in [-0.15, -0.1) is 0 Å². The lowest BCUT2D eigenvalue weighted by Crippen LogP contribution is -2.09. The van der Waals surface area contributed by atoms with Crippen molar-refractivity contribution in [2.24, 2.45) is 17.8 Å². The summed E-state index contributed by atoms with van der Waals surface area (Å²) in [5.74, 6) is 1.64. The molecule has 0 radical (unpaired) electrons. The predicted molar refractivity (Wildman–Crippen MR) is 68.9 cm³/mol. The van der Waals surface area contributed by atoms with Crippen LogP contribution in [0.25, 0.3) is 0 Å². The largest absolute Gasteiger partial charge is 0.198 e.